The molecule has 0 aromatic heterocycles. The molecule has 0 spiro atoms. The molecule has 2 aromatic carbocycles. The molecule has 1 aliphatic rings. The van der Waals surface area contributed by atoms with Crippen LogP contribution >= 0.6 is 0 Å². The summed E-state index contributed by atoms with van der Waals surface area (Å²) in [6, 6.07) is 13.9. The Balaban J connectivity index is 1.66. The van der Waals surface area contributed by atoms with Crippen LogP contribution in [-0.4, -0.2) is 43.8 Å². The highest BCUT2D eigenvalue weighted by Gasteiger charge is 2.36. The van der Waals surface area contributed by atoms with Crippen molar-refractivity contribution in [2.75, 3.05) is 6.54 Å². The minimum absolute atomic E-state index is 0.0179. The number of rotatable bonds is 7. The predicted molar refractivity (Wildman–Crippen MR) is 117 cm³/mol. The minimum atomic E-state index is -3.84. The fourth-order valence-electron chi connectivity index (χ4n) is 3.83. The highest BCUT2D eigenvalue weighted by Crippen LogP contribution is 2.22. The van der Waals surface area contributed by atoms with Gasteiger partial charge in [-0.2, -0.15) is 0 Å². The fraction of sp³-hybridized carbons (Fsp3) is 0.364. The molecule has 3 atom stereocenters. The predicted octanol–water partition coefficient (Wildman–Crippen LogP) is 1.07. The number of amides is 2. The third-order valence-corrected chi connectivity index (χ3v) is 6.41. The van der Waals surface area contributed by atoms with E-state index in [4.69, 9.17) is 10.9 Å². The van der Waals surface area contributed by atoms with Crippen molar-refractivity contribution >= 4 is 21.8 Å². The van der Waals surface area contributed by atoms with Crippen LogP contribution in [0.15, 0.2) is 59.5 Å². The number of benzene rings is 2. The molecule has 9 heteroatoms. The summed E-state index contributed by atoms with van der Waals surface area (Å²) in [5, 5.41) is 8.07. The van der Waals surface area contributed by atoms with Gasteiger partial charge in [-0.15, -0.1) is 0 Å². The van der Waals surface area contributed by atoms with Gasteiger partial charge in [-0.3, -0.25) is 9.59 Å². The van der Waals surface area contributed by atoms with Crippen molar-refractivity contribution in [1.82, 2.24) is 10.2 Å². The second-order valence-electron chi connectivity index (χ2n) is 7.83. The summed E-state index contributed by atoms with van der Waals surface area (Å²) < 4.78 is 23.2. The van der Waals surface area contributed by atoms with Crippen molar-refractivity contribution in [2.45, 2.75) is 49.2 Å². The lowest BCUT2D eigenvalue weighted by atomic mass is 10.0. The van der Waals surface area contributed by atoms with Crippen LogP contribution in [0.2, 0.25) is 0 Å². The molecule has 0 saturated carbocycles. The van der Waals surface area contributed by atoms with Crippen molar-refractivity contribution in [3.8, 4) is 0 Å². The van der Waals surface area contributed by atoms with Crippen LogP contribution in [0, 0.1) is 0 Å². The van der Waals surface area contributed by atoms with Crippen molar-refractivity contribution in [3.63, 3.8) is 0 Å². The topological polar surface area (TPSA) is 136 Å². The lowest BCUT2D eigenvalue weighted by Gasteiger charge is -2.28. The van der Waals surface area contributed by atoms with Gasteiger partial charge in [0.05, 0.1) is 17.0 Å². The highest BCUT2D eigenvalue weighted by atomic mass is 32.2. The monoisotopic (exact) mass is 444 g/mol. The van der Waals surface area contributed by atoms with Gasteiger partial charge in [0.2, 0.25) is 21.8 Å². The summed E-state index contributed by atoms with van der Waals surface area (Å²) in [4.78, 5) is 27.4. The van der Waals surface area contributed by atoms with Gasteiger partial charge in [0, 0.05) is 6.54 Å². The molecule has 8 nitrogen and oxygen atoms in total. The van der Waals surface area contributed by atoms with E-state index in [0.29, 0.717) is 24.9 Å². The van der Waals surface area contributed by atoms with E-state index in [-0.39, 0.29) is 16.7 Å². The number of hydrogen-bond donors (Lipinski definition) is 3. The van der Waals surface area contributed by atoms with Crippen LogP contribution in [0.4, 0.5) is 0 Å². The number of hydrogen-bond acceptors (Lipinski definition) is 5. The number of nitrogens with two attached hydrogens (primary N) is 2. The number of sulfonamides is 1. The van der Waals surface area contributed by atoms with Crippen LogP contribution < -0.4 is 16.2 Å². The number of carbonyl (C=O) groups excluding carboxylic acids is 2. The van der Waals surface area contributed by atoms with Crippen LogP contribution in [0.1, 0.15) is 36.9 Å². The van der Waals surface area contributed by atoms with E-state index in [1.54, 1.807) is 24.0 Å². The molecule has 1 fully saturated rings. The largest absolute Gasteiger partial charge is 0.348 e. The Morgan fingerprint density at radius 2 is 1.87 bits per heavy atom. The third kappa shape index (κ3) is 5.69. The SMILES string of the molecule is CC(NC(=O)C1CCCN1C(=O)C(N)Cc1ccccc1)c1cccc(S(N)(=O)=O)c1. The quantitative estimate of drug-likeness (QED) is 0.587. The van der Waals surface area contributed by atoms with Gasteiger partial charge in [0.15, 0.2) is 0 Å². The second kappa shape index (κ2) is 9.59. The Kier molecular flexibility index (Phi) is 7.09. The molecule has 2 aromatic rings. The molecule has 0 aliphatic carbocycles. The molecule has 0 radical (unpaired) electrons. The summed E-state index contributed by atoms with van der Waals surface area (Å²) in [6.07, 6.45) is 1.68. The third-order valence-electron chi connectivity index (χ3n) is 5.50. The van der Waals surface area contributed by atoms with Crippen LogP contribution in [0.3, 0.4) is 0 Å². The summed E-state index contributed by atoms with van der Waals surface area (Å²) in [5.74, 6) is -0.531. The van der Waals surface area contributed by atoms with Crippen molar-refractivity contribution in [2.24, 2.45) is 10.9 Å². The molecule has 166 valence electrons. The molecule has 5 N–H and O–H groups in total. The van der Waals surface area contributed by atoms with Crippen LogP contribution in [0.5, 0.6) is 0 Å². The molecule has 0 bridgehead atoms. The Hall–Kier alpha value is -2.75. The first-order valence-electron chi connectivity index (χ1n) is 10.2. The summed E-state index contributed by atoms with van der Waals surface area (Å²) in [7, 11) is -3.84. The van der Waals surface area contributed by atoms with Crippen LogP contribution in [0.25, 0.3) is 0 Å². The maximum absolute atomic E-state index is 12.9. The Morgan fingerprint density at radius 1 is 1.16 bits per heavy atom. The average molecular weight is 445 g/mol. The fourth-order valence-corrected chi connectivity index (χ4v) is 4.39. The number of primary sulfonamides is 1. The van der Waals surface area contributed by atoms with Gasteiger partial charge < -0.3 is 16.0 Å². The van der Waals surface area contributed by atoms with Gasteiger partial charge in [0.25, 0.3) is 0 Å². The molecule has 1 aliphatic heterocycles. The smallest absolute Gasteiger partial charge is 0.243 e. The molecular formula is C22H28N4O4S. The van der Waals surface area contributed by atoms with Crippen molar-refractivity contribution in [1.29, 1.82) is 0 Å². The maximum atomic E-state index is 12.9. The van der Waals surface area contributed by atoms with E-state index < -0.39 is 28.1 Å². The lowest BCUT2D eigenvalue weighted by molar-refractivity contribution is -0.139. The van der Waals surface area contributed by atoms with Crippen molar-refractivity contribution < 1.29 is 18.0 Å². The van der Waals surface area contributed by atoms with E-state index in [0.717, 1.165) is 12.0 Å². The first kappa shape index (κ1) is 22.9. The maximum Gasteiger partial charge on any atom is 0.243 e. The van der Waals surface area contributed by atoms with Gasteiger partial charge >= 0.3 is 0 Å². The number of likely N-dealkylation sites (tertiary alicyclic amines) is 1. The van der Waals surface area contributed by atoms with E-state index in [1.807, 2.05) is 30.3 Å². The number of nitrogens with one attached hydrogen (secondary N) is 1. The first-order valence-corrected chi connectivity index (χ1v) is 11.7. The van der Waals surface area contributed by atoms with E-state index in [2.05, 4.69) is 5.32 Å². The zero-order chi connectivity index (χ0) is 22.6. The molecule has 1 heterocycles. The van der Waals surface area contributed by atoms with Gasteiger partial charge in [-0.25, -0.2) is 13.6 Å². The van der Waals surface area contributed by atoms with Gasteiger partial charge in [0.1, 0.15) is 6.04 Å². The highest BCUT2D eigenvalue weighted by molar-refractivity contribution is 7.89. The van der Waals surface area contributed by atoms with Crippen molar-refractivity contribution in [3.05, 3.63) is 65.7 Å². The molecule has 3 rings (SSSR count). The minimum Gasteiger partial charge on any atom is -0.348 e. The Bertz CT molecular complexity index is 1040. The molecule has 1 saturated heterocycles. The summed E-state index contributed by atoms with van der Waals surface area (Å²) in [5.41, 5.74) is 7.72. The second-order valence-corrected chi connectivity index (χ2v) is 9.40. The summed E-state index contributed by atoms with van der Waals surface area (Å²) in [6.45, 7) is 2.23. The Morgan fingerprint density at radius 3 is 2.55 bits per heavy atom. The first-order chi connectivity index (χ1) is 14.7. The number of carbonyl (C=O) groups is 2. The van der Waals surface area contributed by atoms with Gasteiger partial charge in [-0.1, -0.05) is 42.5 Å². The van der Waals surface area contributed by atoms with E-state index in [1.165, 1.54) is 12.1 Å². The zero-order valence-corrected chi connectivity index (χ0v) is 18.2. The van der Waals surface area contributed by atoms with Crippen LogP contribution in [-0.2, 0) is 26.0 Å². The Labute approximate surface area is 182 Å². The lowest BCUT2D eigenvalue weighted by Crippen LogP contribution is -2.52. The average Bonchev–Trinajstić information content (AvgIpc) is 3.23. The standard InChI is InChI=1S/C22H28N4O4S/c1-15(17-9-5-10-18(14-17)31(24,29)30)25-21(27)20-11-6-12-26(20)22(28)19(23)13-16-7-3-2-4-8-16/h2-5,7-10,14-15,19-20H,6,11-13,23H2,1H3,(H,25,27)(H2,24,29,30). The molecule has 2 amide bonds. The number of nitrogens with zero attached hydrogens (tertiary/aromatic N) is 1. The van der Waals surface area contributed by atoms with E-state index in [9.17, 15) is 18.0 Å². The summed E-state index contributed by atoms with van der Waals surface area (Å²) >= 11 is 0. The normalized spacial score (nSPS) is 18.4. The van der Waals surface area contributed by atoms with Gasteiger partial charge in [-0.05, 0) is 49.4 Å². The molecular weight excluding hydrogens is 416 g/mol. The molecule has 31 heavy (non-hydrogen) atoms. The molecule has 3 unspecified atom stereocenters. The van der Waals surface area contributed by atoms with E-state index >= 15 is 0 Å². The zero-order valence-electron chi connectivity index (χ0n) is 17.4.